The van der Waals surface area contributed by atoms with Gasteiger partial charge in [-0.15, -0.1) is 0 Å². The molecule has 1 aromatic heterocycles. The summed E-state index contributed by atoms with van der Waals surface area (Å²) in [6, 6.07) is 14.0. The second-order valence-corrected chi connectivity index (χ2v) is 11.0. The van der Waals surface area contributed by atoms with Crippen molar-refractivity contribution in [1.29, 1.82) is 0 Å². The molecule has 13 heteroatoms. The number of likely N-dealkylation sites (N-methyl/N-ethyl adjacent to an activating group) is 1. The fourth-order valence-corrected chi connectivity index (χ4v) is 4.64. The highest BCUT2D eigenvalue weighted by Gasteiger charge is 2.32. The molecule has 0 aliphatic carbocycles. The number of carbonyl (C=O) groups excluding carboxylic acids is 2. The average molecular weight is 669 g/mol. The maximum atomic E-state index is 15.2. The maximum absolute atomic E-state index is 15.2. The zero-order valence-electron chi connectivity index (χ0n) is 26.9. The number of aromatic nitrogens is 1. The fourth-order valence-electron chi connectivity index (χ4n) is 4.64. The largest absolute Gasteiger partial charge is 0.493 e. The standard InChI is InChI=1S/C35H36F4N4O5/c1-5-47-32-12-22(6-9-31(32)46-4)21-48-29-15-26(19-40-20-29)23-7-8-24(30(36)16-23)17-33(44)42-28-14-25(13-27(18-28)35(37,38)39)34(45)41-10-11-43(2)3/h6-9,12-16,18-20H,5,10-11,17,21H2,1-4H3,(H,41,45)(H,42,44). The zero-order valence-corrected chi connectivity index (χ0v) is 26.9. The predicted octanol–water partition coefficient (Wildman–Crippen LogP) is 6.37. The molecule has 3 aromatic carbocycles. The molecule has 4 rings (SSSR count). The van der Waals surface area contributed by atoms with Gasteiger partial charge in [-0.25, -0.2) is 4.39 Å². The lowest BCUT2D eigenvalue weighted by atomic mass is 10.0. The second kappa shape index (κ2) is 16.1. The lowest BCUT2D eigenvalue weighted by Crippen LogP contribution is -2.31. The van der Waals surface area contributed by atoms with E-state index in [1.807, 2.05) is 19.1 Å². The Balaban J connectivity index is 1.43. The Hall–Kier alpha value is -5.17. The van der Waals surface area contributed by atoms with Gasteiger partial charge < -0.3 is 29.7 Å². The first-order valence-corrected chi connectivity index (χ1v) is 15.0. The van der Waals surface area contributed by atoms with Gasteiger partial charge in [-0.3, -0.25) is 14.6 Å². The molecule has 9 nitrogen and oxygen atoms in total. The minimum atomic E-state index is -4.76. The first kappa shape index (κ1) is 35.7. The molecule has 48 heavy (non-hydrogen) atoms. The van der Waals surface area contributed by atoms with Crippen LogP contribution in [0, 0.1) is 5.82 Å². The van der Waals surface area contributed by atoms with Gasteiger partial charge in [-0.05, 0) is 80.2 Å². The van der Waals surface area contributed by atoms with Crippen molar-refractivity contribution < 1.29 is 41.4 Å². The van der Waals surface area contributed by atoms with Gasteiger partial charge >= 0.3 is 6.18 Å². The highest BCUT2D eigenvalue weighted by atomic mass is 19.4. The Kier molecular flexibility index (Phi) is 12.0. The van der Waals surface area contributed by atoms with Crippen LogP contribution in [0.5, 0.6) is 17.2 Å². The summed E-state index contributed by atoms with van der Waals surface area (Å²) in [7, 11) is 5.13. The number of ether oxygens (including phenoxy) is 3. The van der Waals surface area contributed by atoms with Gasteiger partial charge in [0.05, 0.1) is 31.9 Å². The van der Waals surface area contributed by atoms with Crippen molar-refractivity contribution in [3.63, 3.8) is 0 Å². The third kappa shape index (κ3) is 9.91. The molecule has 0 radical (unpaired) electrons. The first-order valence-electron chi connectivity index (χ1n) is 15.0. The molecular weight excluding hydrogens is 632 g/mol. The molecule has 0 atom stereocenters. The molecule has 0 fully saturated rings. The van der Waals surface area contributed by atoms with Gasteiger partial charge in [0.2, 0.25) is 5.91 Å². The van der Waals surface area contributed by atoms with Crippen LogP contribution in [0.15, 0.2) is 73.1 Å². The van der Waals surface area contributed by atoms with Crippen molar-refractivity contribution in [3.8, 4) is 28.4 Å². The fraction of sp³-hybridized carbons (Fsp3) is 0.286. The number of alkyl halides is 3. The Morgan fingerprint density at radius 3 is 2.40 bits per heavy atom. The normalized spacial score (nSPS) is 11.3. The SMILES string of the molecule is CCOc1cc(COc2cncc(-c3ccc(CC(=O)Nc4cc(C(=O)NCCN(C)C)cc(C(F)(F)F)c4)c(F)c3)c2)ccc1OC. The summed E-state index contributed by atoms with van der Waals surface area (Å²) in [6.07, 6.45) is -2.16. The van der Waals surface area contributed by atoms with E-state index in [1.165, 1.54) is 24.5 Å². The predicted molar refractivity (Wildman–Crippen MR) is 173 cm³/mol. The molecule has 0 spiro atoms. The second-order valence-electron chi connectivity index (χ2n) is 11.0. The molecule has 0 aliphatic heterocycles. The quantitative estimate of drug-likeness (QED) is 0.151. The number of nitrogens with one attached hydrogen (secondary N) is 2. The van der Waals surface area contributed by atoms with Gasteiger partial charge in [-0.1, -0.05) is 18.2 Å². The molecule has 0 saturated heterocycles. The molecule has 2 N–H and O–H groups in total. The summed E-state index contributed by atoms with van der Waals surface area (Å²) < 4.78 is 72.7. The van der Waals surface area contributed by atoms with Gasteiger partial charge in [0.1, 0.15) is 18.2 Å². The van der Waals surface area contributed by atoms with E-state index >= 15 is 4.39 Å². The molecule has 0 saturated carbocycles. The third-order valence-corrected chi connectivity index (χ3v) is 7.03. The molecular formula is C35H36F4N4O5. The number of benzene rings is 3. The number of nitrogens with zero attached hydrogens (tertiary/aromatic N) is 2. The number of halogens is 4. The van der Waals surface area contributed by atoms with Gasteiger partial charge in [-0.2, -0.15) is 13.2 Å². The number of hydrogen-bond acceptors (Lipinski definition) is 7. The van der Waals surface area contributed by atoms with Crippen molar-refractivity contribution in [3.05, 3.63) is 101 Å². The number of hydrogen-bond donors (Lipinski definition) is 2. The minimum absolute atomic E-state index is 0.0230. The number of pyridine rings is 1. The molecule has 2 amide bonds. The van der Waals surface area contributed by atoms with Crippen molar-refractivity contribution >= 4 is 17.5 Å². The Morgan fingerprint density at radius 1 is 0.917 bits per heavy atom. The summed E-state index contributed by atoms with van der Waals surface area (Å²) in [5.74, 6) is -0.538. The highest BCUT2D eigenvalue weighted by molar-refractivity contribution is 5.98. The van der Waals surface area contributed by atoms with Crippen LogP contribution < -0.4 is 24.8 Å². The van der Waals surface area contributed by atoms with E-state index < -0.39 is 35.8 Å². The molecule has 0 unspecified atom stereocenters. The summed E-state index contributed by atoms with van der Waals surface area (Å²) in [6.45, 7) is 3.26. The van der Waals surface area contributed by atoms with Crippen molar-refractivity contribution in [1.82, 2.24) is 15.2 Å². The van der Waals surface area contributed by atoms with E-state index in [0.29, 0.717) is 47.6 Å². The lowest BCUT2D eigenvalue weighted by molar-refractivity contribution is -0.137. The Bertz CT molecular complexity index is 1750. The highest BCUT2D eigenvalue weighted by Crippen LogP contribution is 2.33. The minimum Gasteiger partial charge on any atom is -0.493 e. The zero-order chi connectivity index (χ0) is 34.8. The van der Waals surface area contributed by atoms with E-state index in [4.69, 9.17) is 14.2 Å². The van der Waals surface area contributed by atoms with Gasteiger partial charge in [0.25, 0.3) is 5.91 Å². The van der Waals surface area contributed by atoms with Crippen molar-refractivity contribution in [2.75, 3.05) is 46.2 Å². The monoisotopic (exact) mass is 668 g/mol. The molecule has 0 aliphatic rings. The topological polar surface area (TPSA) is 102 Å². The van der Waals surface area contributed by atoms with Crippen LogP contribution in [0.3, 0.4) is 0 Å². The summed E-state index contributed by atoms with van der Waals surface area (Å²) in [5, 5.41) is 4.91. The number of amides is 2. The van der Waals surface area contributed by atoms with Crippen molar-refractivity contribution in [2.24, 2.45) is 0 Å². The smallest absolute Gasteiger partial charge is 0.416 e. The third-order valence-electron chi connectivity index (χ3n) is 7.03. The van der Waals surface area contributed by atoms with Gasteiger partial charge in [0.15, 0.2) is 11.5 Å². The van der Waals surface area contributed by atoms with Crippen LogP contribution >= 0.6 is 0 Å². The summed E-state index contributed by atoms with van der Waals surface area (Å²) in [4.78, 5) is 31.3. The first-order chi connectivity index (χ1) is 22.9. The average Bonchev–Trinajstić information content (AvgIpc) is 3.04. The molecule has 4 aromatic rings. The van der Waals surface area contributed by atoms with Gasteiger partial charge in [0, 0.05) is 36.1 Å². The summed E-state index contributed by atoms with van der Waals surface area (Å²) >= 11 is 0. The van der Waals surface area contributed by atoms with Crippen LogP contribution in [0.1, 0.15) is 34.0 Å². The maximum Gasteiger partial charge on any atom is 0.416 e. The number of rotatable bonds is 14. The van der Waals surface area contributed by atoms with E-state index in [2.05, 4.69) is 15.6 Å². The molecule has 1 heterocycles. The van der Waals surface area contributed by atoms with Crippen LogP contribution in [0.2, 0.25) is 0 Å². The summed E-state index contributed by atoms with van der Waals surface area (Å²) in [5.41, 5.74) is 0.281. The van der Waals surface area contributed by atoms with E-state index in [9.17, 15) is 22.8 Å². The molecule has 254 valence electrons. The van der Waals surface area contributed by atoms with Crippen LogP contribution in [0.4, 0.5) is 23.2 Å². The Morgan fingerprint density at radius 2 is 1.71 bits per heavy atom. The Labute approximate surface area is 275 Å². The van der Waals surface area contributed by atoms with Crippen LogP contribution in [-0.2, 0) is 24.0 Å². The van der Waals surface area contributed by atoms with Crippen LogP contribution in [0.25, 0.3) is 11.1 Å². The van der Waals surface area contributed by atoms with E-state index in [0.717, 1.165) is 17.7 Å². The van der Waals surface area contributed by atoms with E-state index in [-0.39, 0.29) is 30.0 Å². The number of anilines is 1. The van der Waals surface area contributed by atoms with E-state index in [1.54, 1.807) is 44.3 Å². The number of carbonyl (C=O) groups is 2. The van der Waals surface area contributed by atoms with Crippen molar-refractivity contribution in [2.45, 2.75) is 26.1 Å². The lowest BCUT2D eigenvalue weighted by Gasteiger charge is -2.14. The molecule has 0 bridgehead atoms. The van der Waals surface area contributed by atoms with Crippen LogP contribution in [-0.4, -0.2) is 62.6 Å². The number of methoxy groups -OCH3 is 1.